The average Bonchev–Trinajstić information content (AvgIpc) is 3.25. The number of anilines is 1. The van der Waals surface area contributed by atoms with Crippen molar-refractivity contribution < 1.29 is 9.53 Å². The SMILES string of the molecule is COc1cccc(CC(=O)Nc2c3c(nn2-c2ccccc2)CSC3)c1. The van der Waals surface area contributed by atoms with Crippen LogP contribution in [-0.4, -0.2) is 22.8 Å². The second-order valence-electron chi connectivity index (χ2n) is 6.09. The van der Waals surface area contributed by atoms with Crippen molar-refractivity contribution in [1.82, 2.24) is 9.78 Å². The van der Waals surface area contributed by atoms with E-state index in [0.717, 1.165) is 45.6 Å². The fraction of sp³-hybridized carbons (Fsp3) is 0.200. The van der Waals surface area contributed by atoms with Crippen molar-refractivity contribution in [3.05, 3.63) is 71.4 Å². The predicted molar refractivity (Wildman–Crippen MR) is 104 cm³/mol. The maximum Gasteiger partial charge on any atom is 0.229 e. The molecule has 26 heavy (non-hydrogen) atoms. The standard InChI is InChI=1S/C20H19N3O2S/c1-25-16-9-5-6-14(10-16)11-19(24)21-20-17-12-26-13-18(17)22-23(20)15-7-3-2-4-8-15/h2-10H,11-13H2,1H3,(H,21,24). The molecule has 1 aromatic heterocycles. The zero-order chi connectivity index (χ0) is 17.9. The molecule has 6 heteroatoms. The molecule has 1 amide bonds. The molecule has 5 nitrogen and oxygen atoms in total. The van der Waals surface area contributed by atoms with Gasteiger partial charge in [-0.15, -0.1) is 0 Å². The quantitative estimate of drug-likeness (QED) is 0.747. The van der Waals surface area contributed by atoms with Crippen LogP contribution in [0.1, 0.15) is 16.8 Å². The summed E-state index contributed by atoms with van der Waals surface area (Å²) < 4.78 is 7.07. The van der Waals surface area contributed by atoms with Gasteiger partial charge in [-0.2, -0.15) is 16.9 Å². The molecule has 132 valence electrons. The Labute approximate surface area is 156 Å². The summed E-state index contributed by atoms with van der Waals surface area (Å²) in [5.41, 5.74) is 4.04. The summed E-state index contributed by atoms with van der Waals surface area (Å²) in [6.07, 6.45) is 0.291. The highest BCUT2D eigenvalue weighted by Crippen LogP contribution is 2.36. The maximum absolute atomic E-state index is 12.7. The van der Waals surface area contributed by atoms with Crippen LogP contribution in [0.5, 0.6) is 5.75 Å². The lowest BCUT2D eigenvalue weighted by Gasteiger charge is -2.11. The van der Waals surface area contributed by atoms with Crippen molar-refractivity contribution in [2.45, 2.75) is 17.9 Å². The number of para-hydroxylation sites is 1. The maximum atomic E-state index is 12.7. The summed E-state index contributed by atoms with van der Waals surface area (Å²) in [5.74, 6) is 3.23. The van der Waals surface area contributed by atoms with Gasteiger partial charge >= 0.3 is 0 Å². The first-order valence-electron chi connectivity index (χ1n) is 8.41. The van der Waals surface area contributed by atoms with Crippen molar-refractivity contribution in [2.75, 3.05) is 12.4 Å². The number of hydrogen-bond donors (Lipinski definition) is 1. The van der Waals surface area contributed by atoms with Gasteiger partial charge < -0.3 is 10.1 Å². The van der Waals surface area contributed by atoms with Gasteiger partial charge in [-0.1, -0.05) is 30.3 Å². The zero-order valence-corrected chi connectivity index (χ0v) is 15.3. The van der Waals surface area contributed by atoms with Crippen LogP contribution >= 0.6 is 11.8 Å². The molecule has 0 atom stereocenters. The van der Waals surface area contributed by atoms with Gasteiger partial charge in [0.2, 0.25) is 5.91 Å². The van der Waals surface area contributed by atoms with E-state index in [9.17, 15) is 4.79 Å². The summed E-state index contributed by atoms with van der Waals surface area (Å²) in [4.78, 5) is 12.7. The van der Waals surface area contributed by atoms with E-state index in [2.05, 4.69) is 5.32 Å². The summed E-state index contributed by atoms with van der Waals surface area (Å²) >= 11 is 1.82. The van der Waals surface area contributed by atoms with E-state index in [1.807, 2.05) is 71.0 Å². The number of methoxy groups -OCH3 is 1. The second kappa shape index (κ2) is 7.25. The van der Waals surface area contributed by atoms with Crippen LogP contribution < -0.4 is 10.1 Å². The summed E-state index contributed by atoms with van der Waals surface area (Å²) in [6.45, 7) is 0. The summed E-state index contributed by atoms with van der Waals surface area (Å²) in [6, 6.07) is 17.5. The van der Waals surface area contributed by atoms with Gasteiger partial charge in [0, 0.05) is 17.1 Å². The lowest BCUT2D eigenvalue weighted by molar-refractivity contribution is -0.115. The van der Waals surface area contributed by atoms with Crippen LogP contribution in [0.2, 0.25) is 0 Å². The molecular weight excluding hydrogens is 346 g/mol. The predicted octanol–water partition coefficient (Wildman–Crippen LogP) is 3.81. The number of carbonyl (C=O) groups excluding carboxylic acids is 1. The van der Waals surface area contributed by atoms with Crippen molar-refractivity contribution in [3.8, 4) is 11.4 Å². The Bertz CT molecular complexity index is 937. The van der Waals surface area contributed by atoms with E-state index in [0.29, 0.717) is 6.42 Å². The number of rotatable bonds is 5. The molecule has 0 unspecified atom stereocenters. The van der Waals surface area contributed by atoms with Crippen molar-refractivity contribution in [2.24, 2.45) is 0 Å². The minimum Gasteiger partial charge on any atom is -0.497 e. The Balaban J connectivity index is 1.60. The minimum atomic E-state index is -0.0602. The Kier molecular flexibility index (Phi) is 4.67. The Morgan fingerprint density at radius 3 is 2.85 bits per heavy atom. The van der Waals surface area contributed by atoms with Crippen molar-refractivity contribution in [1.29, 1.82) is 0 Å². The zero-order valence-electron chi connectivity index (χ0n) is 14.4. The number of hydrogen-bond acceptors (Lipinski definition) is 4. The number of nitrogens with zero attached hydrogens (tertiary/aromatic N) is 2. The van der Waals surface area contributed by atoms with Gasteiger partial charge in [-0.05, 0) is 29.8 Å². The van der Waals surface area contributed by atoms with E-state index in [1.54, 1.807) is 7.11 Å². The fourth-order valence-corrected chi connectivity index (χ4v) is 4.08. The number of nitrogens with one attached hydrogen (secondary N) is 1. The Morgan fingerprint density at radius 1 is 1.19 bits per heavy atom. The monoisotopic (exact) mass is 365 g/mol. The molecule has 0 aliphatic carbocycles. The van der Waals surface area contributed by atoms with Crippen molar-refractivity contribution >= 4 is 23.5 Å². The topological polar surface area (TPSA) is 56.1 Å². The fourth-order valence-electron chi connectivity index (χ4n) is 3.04. The van der Waals surface area contributed by atoms with Crippen LogP contribution in [-0.2, 0) is 22.7 Å². The molecule has 1 aliphatic rings. The molecule has 0 saturated carbocycles. The summed E-state index contributed by atoms with van der Waals surface area (Å²) in [5, 5.41) is 7.79. The molecule has 0 bridgehead atoms. The molecule has 0 fully saturated rings. The van der Waals surface area contributed by atoms with E-state index in [1.165, 1.54) is 0 Å². The average molecular weight is 365 g/mol. The third kappa shape index (κ3) is 3.32. The second-order valence-corrected chi connectivity index (χ2v) is 7.08. The van der Waals surface area contributed by atoms with Crippen LogP contribution in [0.15, 0.2) is 54.6 Å². The van der Waals surface area contributed by atoms with E-state index < -0.39 is 0 Å². The van der Waals surface area contributed by atoms with E-state index in [-0.39, 0.29) is 5.91 Å². The molecule has 1 aliphatic heterocycles. The Morgan fingerprint density at radius 2 is 2.04 bits per heavy atom. The molecule has 1 N–H and O–H groups in total. The molecule has 3 aromatic rings. The van der Waals surface area contributed by atoms with Crippen LogP contribution in [0.4, 0.5) is 5.82 Å². The first-order chi connectivity index (χ1) is 12.7. The number of benzene rings is 2. The van der Waals surface area contributed by atoms with E-state index >= 15 is 0 Å². The van der Waals surface area contributed by atoms with Gasteiger partial charge in [-0.25, -0.2) is 4.68 Å². The first kappa shape index (κ1) is 16.7. The lowest BCUT2D eigenvalue weighted by Crippen LogP contribution is -2.18. The third-order valence-electron chi connectivity index (χ3n) is 4.31. The van der Waals surface area contributed by atoms with Gasteiger partial charge in [0.1, 0.15) is 11.6 Å². The smallest absolute Gasteiger partial charge is 0.229 e. The summed E-state index contributed by atoms with van der Waals surface area (Å²) in [7, 11) is 1.62. The highest BCUT2D eigenvalue weighted by Gasteiger charge is 2.24. The van der Waals surface area contributed by atoms with Crippen molar-refractivity contribution in [3.63, 3.8) is 0 Å². The number of thioether (sulfide) groups is 1. The van der Waals surface area contributed by atoms with Crippen LogP contribution in [0, 0.1) is 0 Å². The van der Waals surface area contributed by atoms with E-state index in [4.69, 9.17) is 9.84 Å². The number of amides is 1. The van der Waals surface area contributed by atoms with Gasteiger partial charge in [0.15, 0.2) is 0 Å². The number of fused-ring (bicyclic) bond motifs is 1. The van der Waals surface area contributed by atoms with Crippen LogP contribution in [0.25, 0.3) is 5.69 Å². The molecule has 0 saturated heterocycles. The van der Waals surface area contributed by atoms with Gasteiger partial charge in [0.25, 0.3) is 0 Å². The number of carbonyl (C=O) groups is 1. The van der Waals surface area contributed by atoms with Crippen LogP contribution in [0.3, 0.4) is 0 Å². The highest BCUT2D eigenvalue weighted by atomic mass is 32.2. The first-order valence-corrected chi connectivity index (χ1v) is 9.57. The third-order valence-corrected chi connectivity index (χ3v) is 5.28. The molecule has 2 aromatic carbocycles. The molecule has 2 heterocycles. The molecule has 0 radical (unpaired) electrons. The number of aromatic nitrogens is 2. The normalized spacial score (nSPS) is 12.7. The molecule has 4 rings (SSSR count). The van der Waals surface area contributed by atoms with Gasteiger partial charge in [-0.3, -0.25) is 4.79 Å². The molecular formula is C20H19N3O2S. The van der Waals surface area contributed by atoms with Gasteiger partial charge in [0.05, 0.1) is 24.9 Å². The minimum absolute atomic E-state index is 0.0602. The molecule has 0 spiro atoms. The number of ether oxygens (including phenoxy) is 1. The Hall–Kier alpha value is -2.73. The lowest BCUT2D eigenvalue weighted by atomic mass is 10.1. The highest BCUT2D eigenvalue weighted by molar-refractivity contribution is 7.98. The largest absolute Gasteiger partial charge is 0.497 e.